The first-order valence-corrected chi connectivity index (χ1v) is 5.36. The van der Waals surface area contributed by atoms with Gasteiger partial charge in [0.05, 0.1) is 16.6 Å². The topological polar surface area (TPSA) is 54.4 Å². The summed E-state index contributed by atoms with van der Waals surface area (Å²) in [6.07, 6.45) is 0.333. The molecule has 0 fully saturated rings. The van der Waals surface area contributed by atoms with Crippen LogP contribution >= 0.6 is 11.3 Å². The Balaban J connectivity index is 2.09. The van der Waals surface area contributed by atoms with E-state index in [-0.39, 0.29) is 5.91 Å². The van der Waals surface area contributed by atoms with E-state index in [4.69, 9.17) is 0 Å². The third kappa shape index (κ3) is 1.41. The van der Waals surface area contributed by atoms with Gasteiger partial charge in [-0.2, -0.15) is 5.10 Å². The van der Waals surface area contributed by atoms with Crippen LogP contribution in [0.1, 0.15) is 11.4 Å². The first-order valence-electron chi connectivity index (χ1n) is 4.54. The molecule has 1 amide bonds. The van der Waals surface area contributed by atoms with Crippen LogP contribution in [0.25, 0.3) is 10.2 Å². The fraction of sp³-hybridized carbons (Fsp3) is 0.100. The Labute approximate surface area is 89.6 Å². The molecule has 1 N–H and O–H groups in total. The number of fused-ring (bicyclic) bond motifs is 1. The van der Waals surface area contributed by atoms with Gasteiger partial charge in [0, 0.05) is 0 Å². The normalized spacial score (nSPS) is 15.5. The molecule has 0 unspecified atom stereocenters. The minimum Gasteiger partial charge on any atom is -0.273 e. The molecule has 4 nitrogen and oxygen atoms in total. The maximum Gasteiger partial charge on any atom is 0.246 e. The molecule has 1 aromatic heterocycles. The first kappa shape index (κ1) is 8.55. The van der Waals surface area contributed by atoms with Crippen molar-refractivity contribution in [3.8, 4) is 0 Å². The SMILES string of the molecule is O=C1CC(c2nc3ccccc3s2)=NN1. The molecule has 1 aromatic carbocycles. The lowest BCUT2D eigenvalue weighted by atomic mass is 10.3. The monoisotopic (exact) mass is 217 g/mol. The Bertz CT molecular complexity index is 540. The molecule has 3 rings (SSSR count). The van der Waals surface area contributed by atoms with Crippen molar-refractivity contribution < 1.29 is 4.79 Å². The predicted octanol–water partition coefficient (Wildman–Crippen LogP) is 1.52. The van der Waals surface area contributed by atoms with Gasteiger partial charge in [0.15, 0.2) is 0 Å². The standard InChI is InChI=1S/C10H7N3OS/c14-9-5-7(12-13-9)10-11-6-3-1-2-4-8(6)15-10/h1-4H,5H2,(H,13,14). The van der Waals surface area contributed by atoms with Crippen LogP contribution in [-0.4, -0.2) is 16.6 Å². The van der Waals surface area contributed by atoms with Crippen molar-refractivity contribution >= 4 is 33.2 Å². The van der Waals surface area contributed by atoms with Crippen molar-refractivity contribution in [2.75, 3.05) is 0 Å². The number of amides is 1. The number of hydrogen-bond acceptors (Lipinski definition) is 4. The summed E-state index contributed by atoms with van der Waals surface area (Å²) in [7, 11) is 0. The van der Waals surface area contributed by atoms with Gasteiger partial charge in [-0.05, 0) is 12.1 Å². The zero-order valence-electron chi connectivity index (χ0n) is 7.73. The maximum atomic E-state index is 11.0. The number of carbonyl (C=O) groups excluding carboxylic acids is 1. The molecular weight excluding hydrogens is 210 g/mol. The van der Waals surface area contributed by atoms with Crippen molar-refractivity contribution in [1.29, 1.82) is 0 Å². The molecule has 0 aliphatic carbocycles. The van der Waals surface area contributed by atoms with Crippen LogP contribution in [0.15, 0.2) is 29.4 Å². The summed E-state index contributed by atoms with van der Waals surface area (Å²) in [4.78, 5) is 15.4. The highest BCUT2D eigenvalue weighted by molar-refractivity contribution is 7.20. The number of carbonyl (C=O) groups is 1. The number of nitrogens with one attached hydrogen (secondary N) is 1. The van der Waals surface area contributed by atoms with Crippen LogP contribution in [-0.2, 0) is 4.79 Å². The quantitative estimate of drug-likeness (QED) is 0.787. The second-order valence-corrected chi connectivity index (χ2v) is 4.29. The summed E-state index contributed by atoms with van der Waals surface area (Å²) in [5.74, 6) is -0.0655. The summed E-state index contributed by atoms with van der Waals surface area (Å²) in [6.45, 7) is 0. The number of rotatable bonds is 1. The van der Waals surface area contributed by atoms with E-state index < -0.39 is 0 Å². The number of nitrogens with zero attached hydrogens (tertiary/aromatic N) is 2. The highest BCUT2D eigenvalue weighted by Gasteiger charge is 2.19. The van der Waals surface area contributed by atoms with Crippen LogP contribution in [0.3, 0.4) is 0 Å². The second-order valence-electron chi connectivity index (χ2n) is 3.26. The molecule has 0 spiro atoms. The van der Waals surface area contributed by atoms with Crippen LogP contribution in [0.4, 0.5) is 0 Å². The molecule has 0 atom stereocenters. The van der Waals surface area contributed by atoms with E-state index in [1.54, 1.807) is 11.3 Å². The van der Waals surface area contributed by atoms with Gasteiger partial charge in [0.1, 0.15) is 10.7 Å². The van der Waals surface area contributed by atoms with Gasteiger partial charge < -0.3 is 0 Å². The Morgan fingerprint density at radius 3 is 2.93 bits per heavy atom. The van der Waals surface area contributed by atoms with Crippen molar-refractivity contribution in [3.05, 3.63) is 29.3 Å². The smallest absolute Gasteiger partial charge is 0.246 e. The minimum atomic E-state index is -0.0655. The molecule has 2 heterocycles. The second kappa shape index (κ2) is 3.13. The van der Waals surface area contributed by atoms with E-state index in [1.807, 2.05) is 24.3 Å². The molecule has 0 bridgehead atoms. The molecular formula is C10H7N3OS. The Morgan fingerprint density at radius 2 is 2.20 bits per heavy atom. The Hall–Kier alpha value is -1.75. The molecule has 15 heavy (non-hydrogen) atoms. The van der Waals surface area contributed by atoms with Crippen LogP contribution in [0.5, 0.6) is 0 Å². The highest BCUT2D eigenvalue weighted by Crippen LogP contribution is 2.23. The van der Waals surface area contributed by atoms with Gasteiger partial charge in [-0.15, -0.1) is 11.3 Å². The van der Waals surface area contributed by atoms with E-state index in [0.29, 0.717) is 6.42 Å². The number of para-hydroxylation sites is 1. The van der Waals surface area contributed by atoms with Gasteiger partial charge in [-0.25, -0.2) is 10.4 Å². The Morgan fingerprint density at radius 1 is 1.33 bits per heavy atom. The number of benzene rings is 1. The van der Waals surface area contributed by atoms with Crippen molar-refractivity contribution in [1.82, 2.24) is 10.4 Å². The Kier molecular flexibility index (Phi) is 1.78. The lowest BCUT2D eigenvalue weighted by Crippen LogP contribution is -2.09. The fourth-order valence-electron chi connectivity index (χ4n) is 1.48. The van der Waals surface area contributed by atoms with Crippen LogP contribution in [0, 0.1) is 0 Å². The van der Waals surface area contributed by atoms with Gasteiger partial charge in [0.2, 0.25) is 5.91 Å². The number of hydrazone groups is 1. The summed E-state index contributed by atoms with van der Waals surface area (Å²) in [6, 6.07) is 7.90. The average Bonchev–Trinajstić information content (AvgIpc) is 2.82. The molecule has 74 valence electrons. The zero-order chi connectivity index (χ0) is 10.3. The summed E-state index contributed by atoms with van der Waals surface area (Å²) < 4.78 is 1.12. The zero-order valence-corrected chi connectivity index (χ0v) is 8.54. The van der Waals surface area contributed by atoms with E-state index in [1.165, 1.54) is 0 Å². The van der Waals surface area contributed by atoms with Crippen molar-refractivity contribution in [3.63, 3.8) is 0 Å². The minimum absolute atomic E-state index is 0.0655. The van der Waals surface area contributed by atoms with Gasteiger partial charge in [-0.1, -0.05) is 12.1 Å². The molecule has 2 aromatic rings. The average molecular weight is 217 g/mol. The van der Waals surface area contributed by atoms with Crippen LogP contribution in [0.2, 0.25) is 0 Å². The lowest BCUT2D eigenvalue weighted by Gasteiger charge is -1.86. The summed E-state index contributed by atoms with van der Waals surface area (Å²) in [5.41, 5.74) is 4.12. The number of thiazole rings is 1. The van der Waals surface area contributed by atoms with E-state index in [2.05, 4.69) is 15.5 Å². The summed E-state index contributed by atoms with van der Waals surface area (Å²) >= 11 is 1.56. The highest BCUT2D eigenvalue weighted by atomic mass is 32.1. The van der Waals surface area contributed by atoms with E-state index >= 15 is 0 Å². The molecule has 1 aliphatic heterocycles. The first-order chi connectivity index (χ1) is 7.33. The van der Waals surface area contributed by atoms with Crippen molar-refractivity contribution in [2.45, 2.75) is 6.42 Å². The van der Waals surface area contributed by atoms with Crippen molar-refractivity contribution in [2.24, 2.45) is 5.10 Å². The molecule has 5 heteroatoms. The van der Waals surface area contributed by atoms with Gasteiger partial charge in [0.25, 0.3) is 0 Å². The molecule has 0 radical (unpaired) electrons. The third-order valence-corrected chi connectivity index (χ3v) is 3.27. The number of hydrogen-bond donors (Lipinski definition) is 1. The van der Waals surface area contributed by atoms with E-state index in [0.717, 1.165) is 20.9 Å². The molecule has 0 saturated heterocycles. The fourth-order valence-corrected chi connectivity index (χ4v) is 2.43. The maximum absolute atomic E-state index is 11.0. The van der Waals surface area contributed by atoms with Gasteiger partial charge in [-0.3, -0.25) is 4.79 Å². The third-order valence-electron chi connectivity index (χ3n) is 2.18. The molecule has 1 aliphatic rings. The van der Waals surface area contributed by atoms with E-state index in [9.17, 15) is 4.79 Å². The van der Waals surface area contributed by atoms with Gasteiger partial charge >= 0.3 is 0 Å². The summed E-state index contributed by atoms with van der Waals surface area (Å²) in [5, 5.41) is 4.78. The van der Waals surface area contributed by atoms with Crippen LogP contribution < -0.4 is 5.43 Å². The predicted molar refractivity (Wildman–Crippen MR) is 58.9 cm³/mol. The lowest BCUT2D eigenvalue weighted by molar-refractivity contribution is -0.119. The largest absolute Gasteiger partial charge is 0.273 e. The number of aromatic nitrogens is 1. The molecule has 0 saturated carbocycles.